The second-order valence-corrected chi connectivity index (χ2v) is 12.1. The van der Waals surface area contributed by atoms with Gasteiger partial charge in [-0.1, -0.05) is 20.8 Å². The van der Waals surface area contributed by atoms with Crippen molar-refractivity contribution in [1.82, 2.24) is 9.78 Å². The van der Waals surface area contributed by atoms with Crippen LogP contribution in [0.25, 0.3) is 0 Å². The minimum atomic E-state index is -1.64. The molecule has 0 aliphatic heterocycles. The van der Waals surface area contributed by atoms with Crippen molar-refractivity contribution in [1.29, 1.82) is 0 Å². The molecule has 6 heteroatoms. The van der Waals surface area contributed by atoms with Gasteiger partial charge in [0.2, 0.25) is 0 Å². The van der Waals surface area contributed by atoms with Crippen LogP contribution in [0.1, 0.15) is 20.8 Å². The van der Waals surface area contributed by atoms with Gasteiger partial charge in [0.25, 0.3) is 0 Å². The molecule has 0 N–H and O–H groups in total. The molecular formula is C11H20Br2N2OSi. The second kappa shape index (κ2) is 5.55. The van der Waals surface area contributed by atoms with Crippen LogP contribution in [0.5, 0.6) is 0 Å². The summed E-state index contributed by atoms with van der Waals surface area (Å²) in [5.41, 5.74) is 0. The average molecular weight is 384 g/mol. The Labute approximate surface area is 121 Å². The van der Waals surface area contributed by atoms with Crippen LogP contribution in [0.15, 0.2) is 15.3 Å². The van der Waals surface area contributed by atoms with Crippen LogP contribution in [0.2, 0.25) is 18.1 Å². The zero-order valence-corrected chi connectivity index (χ0v) is 15.2. The molecule has 0 unspecified atom stereocenters. The van der Waals surface area contributed by atoms with E-state index >= 15 is 0 Å². The largest absolute Gasteiger partial charge is 0.415 e. The van der Waals surface area contributed by atoms with E-state index in [0.29, 0.717) is 6.61 Å². The maximum atomic E-state index is 6.10. The molecule has 0 saturated heterocycles. The Bertz CT molecular complexity index is 385. The van der Waals surface area contributed by atoms with E-state index in [0.717, 1.165) is 15.8 Å². The maximum absolute atomic E-state index is 6.10. The van der Waals surface area contributed by atoms with Gasteiger partial charge in [0.05, 0.1) is 13.2 Å². The summed E-state index contributed by atoms with van der Waals surface area (Å²) in [6.07, 6.45) is 0. The summed E-state index contributed by atoms with van der Waals surface area (Å²) in [5, 5.41) is 4.57. The van der Waals surface area contributed by atoms with E-state index in [1.165, 1.54) is 0 Å². The van der Waals surface area contributed by atoms with Crippen molar-refractivity contribution in [3.63, 3.8) is 0 Å². The summed E-state index contributed by atoms with van der Waals surface area (Å²) < 4.78 is 9.82. The van der Waals surface area contributed by atoms with Crippen LogP contribution >= 0.6 is 31.9 Å². The molecule has 0 aromatic carbocycles. The van der Waals surface area contributed by atoms with Crippen molar-refractivity contribution in [3.05, 3.63) is 15.3 Å². The lowest BCUT2D eigenvalue weighted by atomic mass is 10.2. The second-order valence-electron chi connectivity index (χ2n) is 5.62. The first-order valence-corrected chi connectivity index (χ1v) is 10.2. The van der Waals surface area contributed by atoms with Crippen LogP contribution in [0.3, 0.4) is 0 Å². The molecule has 0 bridgehead atoms. The Morgan fingerprint density at radius 3 is 2.35 bits per heavy atom. The third-order valence-corrected chi connectivity index (χ3v) is 8.84. The minimum Gasteiger partial charge on any atom is -0.415 e. The number of halogens is 2. The van der Waals surface area contributed by atoms with Gasteiger partial charge in [-0.05, 0) is 50.0 Å². The predicted octanol–water partition coefficient (Wildman–Crippen LogP) is 4.43. The van der Waals surface area contributed by atoms with Crippen molar-refractivity contribution in [3.8, 4) is 0 Å². The van der Waals surface area contributed by atoms with E-state index in [1.807, 2.05) is 10.7 Å². The van der Waals surface area contributed by atoms with Gasteiger partial charge in [0.1, 0.15) is 9.21 Å². The highest BCUT2D eigenvalue weighted by atomic mass is 79.9. The molecule has 0 amide bonds. The number of aromatic nitrogens is 2. The number of hydrogen-bond acceptors (Lipinski definition) is 2. The van der Waals surface area contributed by atoms with Gasteiger partial charge in [-0.15, -0.1) is 0 Å². The van der Waals surface area contributed by atoms with Crippen molar-refractivity contribution < 1.29 is 4.43 Å². The van der Waals surface area contributed by atoms with Crippen molar-refractivity contribution in [2.75, 3.05) is 6.61 Å². The van der Waals surface area contributed by atoms with Gasteiger partial charge in [0, 0.05) is 6.07 Å². The lowest BCUT2D eigenvalue weighted by Gasteiger charge is -2.36. The Morgan fingerprint density at radius 2 is 1.94 bits per heavy atom. The first kappa shape index (κ1) is 15.4. The average Bonchev–Trinajstić information content (AvgIpc) is 2.43. The van der Waals surface area contributed by atoms with E-state index in [4.69, 9.17) is 4.43 Å². The molecular weight excluding hydrogens is 364 g/mol. The van der Waals surface area contributed by atoms with Crippen LogP contribution < -0.4 is 0 Å². The number of rotatable bonds is 4. The highest BCUT2D eigenvalue weighted by molar-refractivity contribution is 9.11. The zero-order valence-electron chi connectivity index (χ0n) is 11.1. The van der Waals surface area contributed by atoms with Gasteiger partial charge in [-0.2, -0.15) is 5.10 Å². The Hall–Kier alpha value is 0.347. The summed E-state index contributed by atoms with van der Waals surface area (Å²) in [4.78, 5) is 0. The van der Waals surface area contributed by atoms with E-state index in [9.17, 15) is 0 Å². The molecule has 1 rings (SSSR count). The fourth-order valence-electron chi connectivity index (χ4n) is 1.13. The van der Waals surface area contributed by atoms with Gasteiger partial charge in [-0.3, -0.25) is 4.68 Å². The monoisotopic (exact) mass is 382 g/mol. The molecule has 0 atom stereocenters. The normalized spacial score (nSPS) is 13.1. The van der Waals surface area contributed by atoms with E-state index < -0.39 is 8.32 Å². The van der Waals surface area contributed by atoms with Crippen LogP contribution in [0.4, 0.5) is 0 Å². The lowest BCUT2D eigenvalue weighted by Crippen LogP contribution is -2.41. The fourth-order valence-corrected chi connectivity index (χ4v) is 3.35. The van der Waals surface area contributed by atoms with Gasteiger partial charge < -0.3 is 4.43 Å². The van der Waals surface area contributed by atoms with E-state index in [2.05, 4.69) is 70.8 Å². The minimum absolute atomic E-state index is 0.259. The molecule has 3 nitrogen and oxygen atoms in total. The fraction of sp³-hybridized carbons (Fsp3) is 0.727. The first-order valence-electron chi connectivity index (χ1n) is 5.66. The smallest absolute Gasteiger partial charge is 0.192 e. The molecule has 0 aliphatic rings. The Balaban J connectivity index is 2.51. The van der Waals surface area contributed by atoms with Gasteiger partial charge >= 0.3 is 0 Å². The number of hydrogen-bond donors (Lipinski definition) is 0. The SMILES string of the molecule is CC(C)(C)[Si](C)(C)OCCn1nc(Br)cc1Br. The molecule has 0 saturated carbocycles. The number of nitrogens with zero attached hydrogens (tertiary/aromatic N) is 2. The standard InChI is InChI=1S/C11H20Br2N2OSi/c1-11(2,3)17(4,5)16-7-6-15-10(13)8-9(12)14-15/h8H,6-7H2,1-5H3. The van der Waals surface area contributed by atoms with Crippen LogP contribution in [-0.2, 0) is 11.0 Å². The third-order valence-electron chi connectivity index (χ3n) is 3.27. The van der Waals surface area contributed by atoms with Gasteiger partial charge in [0.15, 0.2) is 8.32 Å². The Kier molecular flexibility index (Phi) is 5.03. The van der Waals surface area contributed by atoms with E-state index in [-0.39, 0.29) is 5.04 Å². The quantitative estimate of drug-likeness (QED) is 0.719. The summed E-state index contributed by atoms with van der Waals surface area (Å²) in [6, 6.07) is 1.94. The van der Waals surface area contributed by atoms with E-state index in [1.54, 1.807) is 0 Å². The molecule has 1 aromatic heterocycles. The summed E-state index contributed by atoms with van der Waals surface area (Å²) in [5.74, 6) is 0. The van der Waals surface area contributed by atoms with Gasteiger partial charge in [-0.25, -0.2) is 0 Å². The lowest BCUT2D eigenvalue weighted by molar-refractivity contribution is 0.264. The molecule has 0 fully saturated rings. The highest BCUT2D eigenvalue weighted by Gasteiger charge is 2.36. The van der Waals surface area contributed by atoms with Crippen molar-refractivity contribution in [2.24, 2.45) is 0 Å². The summed E-state index contributed by atoms with van der Waals surface area (Å²) in [7, 11) is -1.64. The summed E-state index contributed by atoms with van der Waals surface area (Å²) in [6.45, 7) is 12.8. The molecule has 1 aromatic rings. The molecule has 0 spiro atoms. The molecule has 17 heavy (non-hydrogen) atoms. The maximum Gasteiger partial charge on any atom is 0.192 e. The van der Waals surface area contributed by atoms with Crippen LogP contribution in [-0.4, -0.2) is 24.7 Å². The summed E-state index contributed by atoms with van der Waals surface area (Å²) >= 11 is 6.82. The highest BCUT2D eigenvalue weighted by Crippen LogP contribution is 2.36. The van der Waals surface area contributed by atoms with Crippen molar-refractivity contribution >= 4 is 40.2 Å². The first-order chi connectivity index (χ1) is 7.63. The molecule has 0 aliphatic carbocycles. The predicted molar refractivity (Wildman–Crippen MR) is 80.8 cm³/mol. The third kappa shape index (κ3) is 4.19. The Morgan fingerprint density at radius 1 is 1.35 bits per heavy atom. The molecule has 98 valence electrons. The molecule has 0 radical (unpaired) electrons. The van der Waals surface area contributed by atoms with Crippen molar-refractivity contribution in [2.45, 2.75) is 45.4 Å². The zero-order chi connectivity index (χ0) is 13.3. The van der Waals surface area contributed by atoms with Crippen LogP contribution in [0, 0.1) is 0 Å². The topological polar surface area (TPSA) is 27.1 Å². The molecule has 1 heterocycles.